The molecule has 140 valence electrons. The second-order valence-electron chi connectivity index (χ2n) is 5.74. The lowest BCUT2D eigenvalue weighted by Gasteiger charge is -2.07. The Hall–Kier alpha value is -2.83. The number of nitrogens with one attached hydrogen (secondary N) is 1. The van der Waals surface area contributed by atoms with Crippen LogP contribution in [0, 0.1) is 6.92 Å². The quantitative estimate of drug-likeness (QED) is 0.468. The van der Waals surface area contributed by atoms with Crippen LogP contribution in [0.3, 0.4) is 0 Å². The van der Waals surface area contributed by atoms with Gasteiger partial charge in [-0.25, -0.2) is 10.5 Å². The molecule has 2 aromatic carbocycles. The first kappa shape index (κ1) is 18.9. The molecule has 1 N–H and O–H groups in total. The van der Waals surface area contributed by atoms with Gasteiger partial charge in [0.15, 0.2) is 0 Å². The van der Waals surface area contributed by atoms with Gasteiger partial charge in [-0.1, -0.05) is 35.9 Å². The van der Waals surface area contributed by atoms with Crippen LogP contribution in [-0.2, 0) is 16.1 Å². The summed E-state index contributed by atoms with van der Waals surface area (Å²) in [6.07, 6.45) is 0.0510. The summed E-state index contributed by atoms with van der Waals surface area (Å²) in [4.78, 5) is 21.5. The van der Waals surface area contributed by atoms with Crippen molar-refractivity contribution in [1.82, 2.24) is 10.5 Å². The molecule has 0 aliphatic carbocycles. The lowest BCUT2D eigenvalue weighted by Crippen LogP contribution is -2.27. The summed E-state index contributed by atoms with van der Waals surface area (Å²) in [5, 5.41) is 0.591. The van der Waals surface area contributed by atoms with E-state index in [1.807, 2.05) is 42.5 Å². The monoisotopic (exact) mass is 386 g/mol. The fourth-order valence-corrected chi connectivity index (χ4v) is 2.56. The summed E-state index contributed by atoms with van der Waals surface area (Å²) < 4.78 is 11.1. The highest BCUT2D eigenvalue weighted by Gasteiger charge is 2.15. The molecular formula is C20H19ClN2O4. The van der Waals surface area contributed by atoms with Gasteiger partial charge in [-0.15, -0.1) is 0 Å². The van der Waals surface area contributed by atoms with E-state index in [0.717, 1.165) is 11.3 Å². The number of hydrogen-bond donors (Lipinski definition) is 1. The highest BCUT2D eigenvalue weighted by Crippen LogP contribution is 2.24. The molecule has 0 bridgehead atoms. The van der Waals surface area contributed by atoms with Crippen molar-refractivity contribution in [1.29, 1.82) is 0 Å². The smallest absolute Gasteiger partial charge is 0.249 e. The Morgan fingerprint density at radius 3 is 2.74 bits per heavy atom. The van der Waals surface area contributed by atoms with Gasteiger partial charge in [0.1, 0.15) is 24.7 Å². The van der Waals surface area contributed by atoms with E-state index >= 15 is 0 Å². The van der Waals surface area contributed by atoms with Gasteiger partial charge < -0.3 is 9.15 Å². The SMILES string of the molecule is Cc1oc(-c2cccc(Cl)c2)nc1CC(=O)NOCCOc1ccccc1. The minimum atomic E-state index is -0.316. The Morgan fingerprint density at radius 2 is 1.96 bits per heavy atom. The van der Waals surface area contributed by atoms with Crippen LogP contribution in [0.5, 0.6) is 5.75 Å². The van der Waals surface area contributed by atoms with Crippen molar-refractivity contribution < 1.29 is 18.8 Å². The van der Waals surface area contributed by atoms with E-state index in [0.29, 0.717) is 29.0 Å². The van der Waals surface area contributed by atoms with Crippen molar-refractivity contribution in [3.05, 3.63) is 71.1 Å². The molecule has 27 heavy (non-hydrogen) atoms. The topological polar surface area (TPSA) is 73.6 Å². The van der Waals surface area contributed by atoms with Crippen molar-refractivity contribution in [2.45, 2.75) is 13.3 Å². The van der Waals surface area contributed by atoms with Crippen LogP contribution in [0.2, 0.25) is 5.02 Å². The zero-order valence-corrected chi connectivity index (χ0v) is 15.5. The minimum absolute atomic E-state index is 0.0510. The number of amides is 1. The number of oxazole rings is 1. The van der Waals surface area contributed by atoms with Crippen LogP contribution in [0.4, 0.5) is 0 Å². The molecule has 0 aliphatic heterocycles. The maximum absolute atomic E-state index is 12.0. The molecule has 0 saturated heterocycles. The predicted molar refractivity (Wildman–Crippen MR) is 101 cm³/mol. The largest absolute Gasteiger partial charge is 0.491 e. The Bertz CT molecular complexity index is 896. The van der Waals surface area contributed by atoms with Gasteiger partial charge in [-0.3, -0.25) is 9.63 Å². The number of hydroxylamine groups is 1. The van der Waals surface area contributed by atoms with Gasteiger partial charge in [0.05, 0.1) is 12.1 Å². The second kappa shape index (κ2) is 9.21. The first-order chi connectivity index (χ1) is 13.1. The number of hydrogen-bond acceptors (Lipinski definition) is 5. The number of carbonyl (C=O) groups is 1. The highest BCUT2D eigenvalue weighted by atomic mass is 35.5. The average molecular weight is 387 g/mol. The number of carbonyl (C=O) groups excluding carboxylic acids is 1. The normalized spacial score (nSPS) is 10.6. The molecule has 0 fully saturated rings. The first-order valence-corrected chi connectivity index (χ1v) is 8.80. The van der Waals surface area contributed by atoms with E-state index in [1.165, 1.54) is 0 Å². The summed E-state index contributed by atoms with van der Waals surface area (Å²) in [5.41, 5.74) is 3.68. The molecule has 0 saturated carbocycles. The molecular weight excluding hydrogens is 368 g/mol. The third-order valence-electron chi connectivity index (χ3n) is 3.68. The van der Waals surface area contributed by atoms with E-state index in [-0.39, 0.29) is 18.9 Å². The van der Waals surface area contributed by atoms with Crippen molar-refractivity contribution in [3.63, 3.8) is 0 Å². The number of nitrogens with zero attached hydrogens (tertiary/aromatic N) is 1. The summed E-state index contributed by atoms with van der Waals surface area (Å²) in [7, 11) is 0. The number of aromatic nitrogens is 1. The average Bonchev–Trinajstić information content (AvgIpc) is 3.03. The van der Waals surface area contributed by atoms with Crippen LogP contribution in [0.25, 0.3) is 11.5 Å². The van der Waals surface area contributed by atoms with E-state index < -0.39 is 0 Å². The summed E-state index contributed by atoms with van der Waals surface area (Å²) in [6, 6.07) is 16.6. The molecule has 0 unspecified atom stereocenters. The van der Waals surface area contributed by atoms with Crippen molar-refractivity contribution >= 4 is 17.5 Å². The Balaban J connectivity index is 1.45. The van der Waals surface area contributed by atoms with Crippen molar-refractivity contribution in [2.24, 2.45) is 0 Å². The van der Waals surface area contributed by atoms with E-state index in [9.17, 15) is 4.79 Å². The molecule has 1 aromatic heterocycles. The molecule has 3 rings (SSSR count). The van der Waals surface area contributed by atoms with Crippen LogP contribution in [-0.4, -0.2) is 24.1 Å². The Kier molecular flexibility index (Phi) is 6.46. The van der Waals surface area contributed by atoms with Crippen LogP contribution < -0.4 is 10.2 Å². The highest BCUT2D eigenvalue weighted by molar-refractivity contribution is 6.30. The lowest BCUT2D eigenvalue weighted by atomic mass is 10.2. The molecule has 1 amide bonds. The van der Waals surface area contributed by atoms with Crippen molar-refractivity contribution in [2.75, 3.05) is 13.2 Å². The van der Waals surface area contributed by atoms with Gasteiger partial charge >= 0.3 is 0 Å². The number of rotatable bonds is 8. The Morgan fingerprint density at radius 1 is 1.15 bits per heavy atom. The van der Waals surface area contributed by atoms with Crippen LogP contribution >= 0.6 is 11.6 Å². The van der Waals surface area contributed by atoms with E-state index in [4.69, 9.17) is 25.6 Å². The molecule has 6 nitrogen and oxygen atoms in total. The standard InChI is InChI=1S/C20H19ClN2O4/c1-14-18(22-20(27-14)15-6-5-7-16(21)12-15)13-19(24)23-26-11-10-25-17-8-3-2-4-9-17/h2-9,12H,10-11,13H2,1H3,(H,23,24). The number of benzene rings is 2. The molecule has 0 aliphatic rings. The molecule has 0 radical (unpaired) electrons. The third kappa shape index (κ3) is 5.57. The number of para-hydroxylation sites is 1. The third-order valence-corrected chi connectivity index (χ3v) is 3.91. The molecule has 3 aromatic rings. The zero-order valence-electron chi connectivity index (χ0n) is 14.8. The van der Waals surface area contributed by atoms with Crippen LogP contribution in [0.1, 0.15) is 11.5 Å². The van der Waals surface area contributed by atoms with Gasteiger partial charge in [0, 0.05) is 10.6 Å². The maximum Gasteiger partial charge on any atom is 0.249 e. The first-order valence-electron chi connectivity index (χ1n) is 8.42. The van der Waals surface area contributed by atoms with Crippen LogP contribution in [0.15, 0.2) is 59.0 Å². The second-order valence-corrected chi connectivity index (χ2v) is 6.18. The van der Waals surface area contributed by atoms with Gasteiger partial charge in [-0.05, 0) is 37.3 Å². The fourth-order valence-electron chi connectivity index (χ4n) is 2.37. The van der Waals surface area contributed by atoms with E-state index in [2.05, 4.69) is 10.5 Å². The van der Waals surface area contributed by atoms with E-state index in [1.54, 1.807) is 19.1 Å². The number of ether oxygens (including phenoxy) is 1. The summed E-state index contributed by atoms with van der Waals surface area (Å²) >= 11 is 5.99. The molecule has 0 atom stereocenters. The molecule has 0 spiro atoms. The van der Waals surface area contributed by atoms with Crippen molar-refractivity contribution in [3.8, 4) is 17.2 Å². The van der Waals surface area contributed by atoms with Gasteiger partial charge in [0.25, 0.3) is 0 Å². The summed E-state index contributed by atoms with van der Waals surface area (Å²) in [5.74, 6) is 1.44. The number of aryl methyl sites for hydroxylation is 1. The Labute approximate surface area is 162 Å². The molecule has 1 heterocycles. The zero-order chi connectivity index (χ0) is 19.1. The predicted octanol–water partition coefficient (Wildman–Crippen LogP) is 3.97. The van der Waals surface area contributed by atoms with Gasteiger partial charge in [-0.2, -0.15) is 0 Å². The fraction of sp³-hybridized carbons (Fsp3) is 0.200. The minimum Gasteiger partial charge on any atom is -0.491 e. The summed E-state index contributed by atoms with van der Waals surface area (Å²) in [6.45, 7) is 2.32. The van der Waals surface area contributed by atoms with Gasteiger partial charge in [0.2, 0.25) is 11.8 Å². The number of halogens is 1. The molecule has 7 heteroatoms. The maximum atomic E-state index is 12.0. The lowest BCUT2D eigenvalue weighted by molar-refractivity contribution is -0.133.